The number of hydrogen-bond acceptors (Lipinski definition) is 3. The molecule has 1 aromatic carbocycles. The van der Waals surface area contributed by atoms with Gasteiger partial charge in [-0.05, 0) is 49.9 Å². The van der Waals surface area contributed by atoms with Crippen molar-refractivity contribution in [2.24, 2.45) is 0 Å². The van der Waals surface area contributed by atoms with E-state index in [1.54, 1.807) is 0 Å². The number of fused-ring (bicyclic) bond motifs is 1. The molecular weight excluding hydrogens is 309 g/mol. The normalized spacial score (nSPS) is 14.4. The molecule has 1 aliphatic rings. The van der Waals surface area contributed by atoms with Crippen molar-refractivity contribution in [1.82, 2.24) is 9.78 Å². The summed E-state index contributed by atoms with van der Waals surface area (Å²) in [5, 5.41) is 4.16. The zero-order valence-corrected chi connectivity index (χ0v) is 12.5. The van der Waals surface area contributed by atoms with E-state index in [2.05, 4.69) is 9.84 Å². The number of esters is 1. The molecule has 122 valence electrons. The van der Waals surface area contributed by atoms with Crippen LogP contribution in [0.5, 0.6) is 0 Å². The van der Waals surface area contributed by atoms with Crippen LogP contribution in [0.3, 0.4) is 0 Å². The number of benzene rings is 1. The lowest BCUT2D eigenvalue weighted by Crippen LogP contribution is -2.16. The Morgan fingerprint density at radius 1 is 1.17 bits per heavy atom. The van der Waals surface area contributed by atoms with Crippen LogP contribution in [0, 0.1) is 0 Å². The zero-order valence-electron chi connectivity index (χ0n) is 12.5. The number of aryl methyl sites for hydroxylation is 1. The number of carbonyl (C=O) groups is 1. The van der Waals surface area contributed by atoms with Crippen molar-refractivity contribution in [2.75, 3.05) is 7.11 Å². The monoisotopic (exact) mass is 324 g/mol. The van der Waals surface area contributed by atoms with Gasteiger partial charge in [-0.15, -0.1) is 0 Å². The van der Waals surface area contributed by atoms with Gasteiger partial charge < -0.3 is 4.74 Å². The third kappa shape index (κ3) is 2.83. The topological polar surface area (TPSA) is 44.1 Å². The third-order valence-corrected chi connectivity index (χ3v) is 3.96. The van der Waals surface area contributed by atoms with Crippen molar-refractivity contribution in [1.29, 1.82) is 0 Å². The van der Waals surface area contributed by atoms with Crippen molar-refractivity contribution in [3.63, 3.8) is 0 Å². The number of methoxy groups -OCH3 is 1. The Morgan fingerprint density at radius 2 is 1.83 bits per heavy atom. The van der Waals surface area contributed by atoms with Crippen LogP contribution in [0.15, 0.2) is 24.3 Å². The fourth-order valence-electron chi connectivity index (χ4n) is 2.89. The molecule has 0 spiro atoms. The highest BCUT2D eigenvalue weighted by molar-refractivity contribution is 5.89. The summed E-state index contributed by atoms with van der Waals surface area (Å²) in [4.78, 5) is 11.4. The smallest absolute Gasteiger partial charge is 0.433 e. The molecule has 1 heterocycles. The highest BCUT2D eigenvalue weighted by Crippen LogP contribution is 2.37. The van der Waals surface area contributed by atoms with E-state index in [0.29, 0.717) is 24.1 Å². The van der Waals surface area contributed by atoms with E-state index in [1.807, 2.05) is 0 Å². The standard InChI is InChI=1S/C16H15F3N2O2/c1-23-15(22)10-6-8-11(9-7-10)21-14(16(17,18)19)12-4-2-3-5-13(12)20-21/h6-9H,2-5H2,1H3. The van der Waals surface area contributed by atoms with E-state index in [-0.39, 0.29) is 11.3 Å². The molecule has 0 amide bonds. The van der Waals surface area contributed by atoms with Crippen molar-refractivity contribution < 1.29 is 22.7 Å². The second-order valence-electron chi connectivity index (χ2n) is 5.43. The molecule has 0 N–H and O–H groups in total. The van der Waals surface area contributed by atoms with Crippen molar-refractivity contribution in [3.05, 3.63) is 46.8 Å². The molecule has 23 heavy (non-hydrogen) atoms. The molecule has 1 aromatic heterocycles. The Kier molecular flexibility index (Phi) is 3.87. The van der Waals surface area contributed by atoms with Gasteiger partial charge >= 0.3 is 12.1 Å². The molecule has 0 fully saturated rings. The lowest BCUT2D eigenvalue weighted by molar-refractivity contribution is -0.143. The summed E-state index contributed by atoms with van der Waals surface area (Å²) in [5.74, 6) is -0.535. The minimum atomic E-state index is -4.47. The lowest BCUT2D eigenvalue weighted by Gasteiger charge is -2.14. The predicted molar refractivity (Wildman–Crippen MR) is 76.5 cm³/mol. The van der Waals surface area contributed by atoms with Crippen molar-refractivity contribution >= 4 is 5.97 Å². The Labute approximate surface area is 130 Å². The number of nitrogens with zero attached hydrogens (tertiary/aromatic N) is 2. The lowest BCUT2D eigenvalue weighted by atomic mass is 9.96. The maximum absolute atomic E-state index is 13.5. The highest BCUT2D eigenvalue weighted by atomic mass is 19.4. The summed E-state index contributed by atoms with van der Waals surface area (Å²) in [6.07, 6.45) is -1.93. The number of halogens is 3. The number of rotatable bonds is 2. The fraction of sp³-hybridized carbons (Fsp3) is 0.375. The Balaban J connectivity index is 2.09. The first kappa shape index (κ1) is 15.6. The molecule has 0 radical (unpaired) electrons. The quantitative estimate of drug-likeness (QED) is 0.794. The van der Waals surface area contributed by atoms with Crippen LogP contribution in [0.25, 0.3) is 5.69 Å². The number of hydrogen-bond donors (Lipinski definition) is 0. The van der Waals surface area contributed by atoms with Crippen molar-refractivity contribution in [3.8, 4) is 5.69 Å². The minimum absolute atomic E-state index is 0.277. The van der Waals surface area contributed by atoms with Gasteiger partial charge in [-0.3, -0.25) is 0 Å². The molecule has 7 heteroatoms. The number of aromatic nitrogens is 2. The largest absolute Gasteiger partial charge is 0.465 e. The molecular formula is C16H15F3N2O2. The molecule has 0 saturated heterocycles. The average molecular weight is 324 g/mol. The van der Waals surface area contributed by atoms with Gasteiger partial charge in [0, 0.05) is 5.56 Å². The van der Waals surface area contributed by atoms with E-state index in [4.69, 9.17) is 0 Å². The first-order valence-corrected chi connectivity index (χ1v) is 7.28. The predicted octanol–water partition coefficient (Wildman–Crippen LogP) is 3.56. The van der Waals surface area contributed by atoms with Crippen LogP contribution in [0.2, 0.25) is 0 Å². The van der Waals surface area contributed by atoms with Crippen molar-refractivity contribution in [2.45, 2.75) is 31.9 Å². The fourth-order valence-corrected chi connectivity index (χ4v) is 2.89. The number of ether oxygens (including phenoxy) is 1. The first-order chi connectivity index (χ1) is 10.9. The average Bonchev–Trinajstić information content (AvgIpc) is 2.94. The van der Waals surface area contributed by atoms with E-state index in [9.17, 15) is 18.0 Å². The molecule has 4 nitrogen and oxygen atoms in total. The molecule has 0 unspecified atom stereocenters. The molecule has 2 aromatic rings. The summed E-state index contributed by atoms with van der Waals surface area (Å²) < 4.78 is 46.0. The maximum atomic E-state index is 13.5. The van der Waals surface area contributed by atoms with Gasteiger partial charge in [0.1, 0.15) is 0 Å². The van der Waals surface area contributed by atoms with Crippen LogP contribution in [0.4, 0.5) is 13.2 Å². The van der Waals surface area contributed by atoms with Crippen LogP contribution in [-0.2, 0) is 23.8 Å². The molecule has 0 bridgehead atoms. The van der Waals surface area contributed by atoms with Gasteiger partial charge in [0.2, 0.25) is 0 Å². The Bertz CT molecular complexity index is 733. The SMILES string of the molecule is COC(=O)c1ccc(-n2nc3c(c2C(F)(F)F)CCCC3)cc1. The summed E-state index contributed by atoms with van der Waals surface area (Å²) in [5.41, 5.74) is 0.653. The van der Waals surface area contributed by atoms with Gasteiger partial charge in [-0.2, -0.15) is 18.3 Å². The summed E-state index contributed by atoms with van der Waals surface area (Å²) in [6.45, 7) is 0. The Morgan fingerprint density at radius 3 is 2.43 bits per heavy atom. The number of carbonyl (C=O) groups excluding carboxylic acids is 1. The van der Waals surface area contributed by atoms with Gasteiger partial charge in [-0.1, -0.05) is 0 Å². The summed E-state index contributed by atoms with van der Waals surface area (Å²) >= 11 is 0. The summed E-state index contributed by atoms with van der Waals surface area (Å²) in [7, 11) is 1.25. The third-order valence-electron chi connectivity index (χ3n) is 3.96. The molecule has 0 atom stereocenters. The second-order valence-corrected chi connectivity index (χ2v) is 5.43. The minimum Gasteiger partial charge on any atom is -0.465 e. The maximum Gasteiger partial charge on any atom is 0.433 e. The van der Waals surface area contributed by atoms with Gasteiger partial charge in [-0.25, -0.2) is 9.48 Å². The van der Waals surface area contributed by atoms with Crippen LogP contribution < -0.4 is 0 Å². The first-order valence-electron chi connectivity index (χ1n) is 7.28. The molecule has 1 aliphatic carbocycles. The van der Waals surface area contributed by atoms with E-state index >= 15 is 0 Å². The van der Waals surface area contributed by atoms with Gasteiger partial charge in [0.25, 0.3) is 0 Å². The number of alkyl halides is 3. The van der Waals surface area contributed by atoms with E-state index < -0.39 is 17.8 Å². The summed E-state index contributed by atoms with van der Waals surface area (Å²) in [6, 6.07) is 5.75. The Hall–Kier alpha value is -2.31. The van der Waals surface area contributed by atoms with E-state index in [1.165, 1.54) is 31.4 Å². The van der Waals surface area contributed by atoms with Crippen LogP contribution in [-0.4, -0.2) is 22.9 Å². The van der Waals surface area contributed by atoms with Crippen LogP contribution in [0.1, 0.15) is 40.2 Å². The second kappa shape index (κ2) is 5.72. The zero-order chi connectivity index (χ0) is 16.6. The van der Waals surface area contributed by atoms with Gasteiger partial charge in [0.05, 0.1) is 24.1 Å². The molecule has 0 aliphatic heterocycles. The van der Waals surface area contributed by atoms with Crippen LogP contribution >= 0.6 is 0 Å². The molecule has 0 saturated carbocycles. The molecule has 3 rings (SSSR count). The van der Waals surface area contributed by atoms with E-state index in [0.717, 1.165) is 17.5 Å². The van der Waals surface area contributed by atoms with Gasteiger partial charge in [0.15, 0.2) is 5.69 Å². The highest BCUT2D eigenvalue weighted by Gasteiger charge is 2.40.